The van der Waals surface area contributed by atoms with E-state index in [0.29, 0.717) is 11.6 Å². The predicted molar refractivity (Wildman–Crippen MR) is 85.0 cm³/mol. The second-order valence-corrected chi connectivity index (χ2v) is 6.19. The van der Waals surface area contributed by atoms with Crippen LogP contribution in [-0.4, -0.2) is 20.4 Å². The van der Waals surface area contributed by atoms with Crippen molar-refractivity contribution in [3.63, 3.8) is 0 Å². The van der Waals surface area contributed by atoms with Crippen LogP contribution in [0.3, 0.4) is 0 Å². The molecule has 0 amide bonds. The van der Waals surface area contributed by atoms with Crippen LogP contribution < -0.4 is 10.5 Å². The van der Waals surface area contributed by atoms with Gasteiger partial charge in [0.1, 0.15) is 5.60 Å². The van der Waals surface area contributed by atoms with E-state index < -0.39 is 0 Å². The molecule has 0 saturated carbocycles. The van der Waals surface area contributed by atoms with Crippen molar-refractivity contribution in [1.82, 2.24) is 14.8 Å². The molecule has 2 rings (SSSR count). The molecule has 0 aliphatic rings. The highest BCUT2D eigenvalue weighted by molar-refractivity contribution is 5.51. The fraction of sp³-hybridized carbons (Fsp3) is 0.500. The van der Waals surface area contributed by atoms with Gasteiger partial charge in [0, 0.05) is 5.69 Å². The molecule has 2 aromatic heterocycles. The Balaban J connectivity index is 2.48. The molecule has 5 nitrogen and oxygen atoms in total. The number of hydrogen-bond donors (Lipinski definition) is 1. The van der Waals surface area contributed by atoms with Crippen molar-refractivity contribution in [2.75, 3.05) is 5.73 Å². The van der Waals surface area contributed by atoms with Crippen LogP contribution in [0.15, 0.2) is 12.1 Å². The molecule has 0 aliphatic heterocycles. The maximum atomic E-state index is 5.96. The third-order valence-electron chi connectivity index (χ3n) is 3.29. The van der Waals surface area contributed by atoms with Crippen LogP contribution in [0, 0.1) is 13.8 Å². The summed E-state index contributed by atoms with van der Waals surface area (Å²) in [7, 11) is 0. The topological polar surface area (TPSA) is 66.0 Å². The molecule has 0 radical (unpaired) electrons. The van der Waals surface area contributed by atoms with Crippen molar-refractivity contribution < 1.29 is 4.74 Å². The summed E-state index contributed by atoms with van der Waals surface area (Å²) >= 11 is 0. The summed E-state index contributed by atoms with van der Waals surface area (Å²) in [5.41, 5.74) is 9.54. The highest BCUT2D eigenvalue weighted by Crippen LogP contribution is 2.25. The van der Waals surface area contributed by atoms with Gasteiger partial charge in [0.05, 0.1) is 11.4 Å². The average Bonchev–Trinajstić information content (AvgIpc) is 2.65. The number of nitrogens with two attached hydrogens (primary N) is 1. The molecule has 5 heteroatoms. The lowest BCUT2D eigenvalue weighted by atomic mass is 10.1. The summed E-state index contributed by atoms with van der Waals surface area (Å²) in [5, 5.41) is 4.58. The molecular formula is C16H24N4O. The summed E-state index contributed by atoms with van der Waals surface area (Å²) in [6.07, 6.45) is 0.956. The molecule has 21 heavy (non-hydrogen) atoms. The number of aromatic nitrogens is 3. The SMILES string of the molecule is CCc1c(C)nn(-c2ccc(N)c(OC(C)(C)C)n2)c1C. The zero-order chi connectivity index (χ0) is 15.8. The second-order valence-electron chi connectivity index (χ2n) is 6.19. The van der Waals surface area contributed by atoms with Crippen LogP contribution in [0.1, 0.15) is 44.6 Å². The third kappa shape index (κ3) is 3.17. The lowest BCUT2D eigenvalue weighted by molar-refractivity contribution is 0.125. The van der Waals surface area contributed by atoms with Crippen LogP contribution in [0.5, 0.6) is 5.88 Å². The van der Waals surface area contributed by atoms with Gasteiger partial charge in [0.15, 0.2) is 5.82 Å². The maximum Gasteiger partial charge on any atom is 0.239 e. The molecule has 0 saturated heterocycles. The Morgan fingerprint density at radius 1 is 1.24 bits per heavy atom. The number of nitrogen functional groups attached to an aromatic ring is 1. The van der Waals surface area contributed by atoms with Crippen LogP contribution in [-0.2, 0) is 6.42 Å². The number of nitrogens with zero attached hydrogens (tertiary/aromatic N) is 3. The minimum Gasteiger partial charge on any atom is -0.470 e. The minimum absolute atomic E-state index is 0.344. The average molecular weight is 288 g/mol. The number of pyridine rings is 1. The first-order chi connectivity index (χ1) is 9.73. The molecule has 2 heterocycles. The quantitative estimate of drug-likeness (QED) is 0.941. The first-order valence-electron chi connectivity index (χ1n) is 7.24. The van der Waals surface area contributed by atoms with E-state index in [0.717, 1.165) is 23.6 Å². The number of aryl methyl sites for hydroxylation is 1. The molecular weight excluding hydrogens is 264 g/mol. The number of rotatable bonds is 3. The molecule has 0 bridgehead atoms. The lowest BCUT2D eigenvalue weighted by Gasteiger charge is -2.21. The van der Waals surface area contributed by atoms with Crippen molar-refractivity contribution in [1.29, 1.82) is 0 Å². The van der Waals surface area contributed by atoms with Crippen molar-refractivity contribution in [2.24, 2.45) is 0 Å². The zero-order valence-electron chi connectivity index (χ0n) is 13.7. The molecule has 0 fully saturated rings. The Hall–Kier alpha value is -2.04. The minimum atomic E-state index is -0.344. The standard InChI is InChI=1S/C16H24N4O/c1-7-12-10(2)19-20(11(12)3)14-9-8-13(17)15(18-14)21-16(4,5)6/h8-9H,7,17H2,1-6H3. The molecule has 2 aromatic rings. The van der Waals surface area contributed by atoms with Gasteiger partial charge in [-0.1, -0.05) is 6.92 Å². The van der Waals surface area contributed by atoms with E-state index in [1.165, 1.54) is 5.56 Å². The molecule has 114 valence electrons. The zero-order valence-corrected chi connectivity index (χ0v) is 13.7. The van der Waals surface area contributed by atoms with Gasteiger partial charge in [0.2, 0.25) is 5.88 Å². The van der Waals surface area contributed by atoms with Gasteiger partial charge >= 0.3 is 0 Å². The normalized spacial score (nSPS) is 11.7. The maximum absolute atomic E-state index is 5.96. The van der Waals surface area contributed by atoms with Gasteiger partial charge in [-0.05, 0) is 58.7 Å². The summed E-state index contributed by atoms with van der Waals surface area (Å²) < 4.78 is 7.67. The van der Waals surface area contributed by atoms with Crippen LogP contribution >= 0.6 is 0 Å². The van der Waals surface area contributed by atoms with E-state index in [4.69, 9.17) is 10.5 Å². The van der Waals surface area contributed by atoms with Gasteiger partial charge in [-0.25, -0.2) is 4.68 Å². The van der Waals surface area contributed by atoms with Crippen LogP contribution in [0.4, 0.5) is 5.69 Å². The van der Waals surface area contributed by atoms with E-state index in [-0.39, 0.29) is 5.60 Å². The summed E-state index contributed by atoms with van der Waals surface area (Å²) in [5.74, 6) is 1.18. The van der Waals surface area contributed by atoms with Gasteiger partial charge in [0.25, 0.3) is 0 Å². The van der Waals surface area contributed by atoms with Gasteiger partial charge in [-0.2, -0.15) is 10.1 Å². The Morgan fingerprint density at radius 3 is 2.43 bits per heavy atom. The first-order valence-corrected chi connectivity index (χ1v) is 7.24. The summed E-state index contributed by atoms with van der Waals surface area (Å²) in [6.45, 7) is 12.1. The monoisotopic (exact) mass is 288 g/mol. The number of anilines is 1. The Labute approximate surface area is 126 Å². The second kappa shape index (κ2) is 5.39. The highest BCUT2D eigenvalue weighted by Gasteiger charge is 2.17. The summed E-state index contributed by atoms with van der Waals surface area (Å²) in [4.78, 5) is 4.53. The molecule has 0 aliphatic carbocycles. The van der Waals surface area contributed by atoms with E-state index in [1.54, 1.807) is 0 Å². The van der Waals surface area contributed by atoms with Gasteiger partial charge in [-0.3, -0.25) is 0 Å². The van der Waals surface area contributed by atoms with Gasteiger partial charge in [-0.15, -0.1) is 0 Å². The number of hydrogen-bond acceptors (Lipinski definition) is 4. The Bertz CT molecular complexity index is 653. The van der Waals surface area contributed by atoms with Crippen LogP contribution in [0.2, 0.25) is 0 Å². The van der Waals surface area contributed by atoms with Crippen LogP contribution in [0.25, 0.3) is 5.82 Å². The molecule has 2 N–H and O–H groups in total. The van der Waals surface area contributed by atoms with Crippen molar-refractivity contribution >= 4 is 5.69 Å². The largest absolute Gasteiger partial charge is 0.470 e. The molecule has 0 atom stereocenters. The predicted octanol–water partition coefficient (Wildman–Crippen LogP) is 3.21. The fourth-order valence-corrected chi connectivity index (χ4v) is 2.34. The molecule has 0 spiro atoms. The van der Waals surface area contributed by atoms with Crippen molar-refractivity contribution in [2.45, 2.75) is 53.6 Å². The van der Waals surface area contributed by atoms with E-state index >= 15 is 0 Å². The fourth-order valence-electron chi connectivity index (χ4n) is 2.34. The first kappa shape index (κ1) is 15.4. The third-order valence-corrected chi connectivity index (χ3v) is 3.29. The smallest absolute Gasteiger partial charge is 0.239 e. The van der Waals surface area contributed by atoms with Gasteiger partial charge < -0.3 is 10.5 Å². The highest BCUT2D eigenvalue weighted by atomic mass is 16.5. The van der Waals surface area contributed by atoms with E-state index in [9.17, 15) is 0 Å². The van der Waals surface area contributed by atoms with Crippen molar-refractivity contribution in [3.05, 3.63) is 29.1 Å². The Morgan fingerprint density at radius 2 is 1.90 bits per heavy atom. The van der Waals surface area contributed by atoms with E-state index in [1.807, 2.05) is 44.5 Å². The molecule has 0 unspecified atom stereocenters. The van der Waals surface area contributed by atoms with E-state index in [2.05, 4.69) is 23.9 Å². The molecule has 0 aromatic carbocycles. The van der Waals surface area contributed by atoms with Crippen molar-refractivity contribution in [3.8, 4) is 11.7 Å². The summed E-state index contributed by atoms with van der Waals surface area (Å²) in [6, 6.07) is 3.68. The number of ether oxygens (including phenoxy) is 1. The lowest BCUT2D eigenvalue weighted by Crippen LogP contribution is -2.24. The Kier molecular flexibility index (Phi) is 3.94.